The van der Waals surface area contributed by atoms with Crippen molar-refractivity contribution in [2.75, 3.05) is 11.9 Å². The summed E-state index contributed by atoms with van der Waals surface area (Å²) in [6.07, 6.45) is 0. The van der Waals surface area contributed by atoms with Crippen LogP contribution in [0.4, 0.5) is 11.4 Å². The number of carbonyl (C=O) groups excluding carboxylic acids is 1. The largest absolute Gasteiger partial charge is 0.448 e. The number of ether oxygens (including phenoxy) is 1. The first-order valence-corrected chi connectivity index (χ1v) is 8.28. The van der Waals surface area contributed by atoms with E-state index in [1.165, 1.54) is 28.4 Å². The lowest BCUT2D eigenvalue weighted by atomic mass is 10.2. The molecule has 0 unspecified atom stereocenters. The summed E-state index contributed by atoms with van der Waals surface area (Å²) in [7, 11) is 1.67. The number of anilines is 1. The summed E-state index contributed by atoms with van der Waals surface area (Å²) in [4.78, 5) is 25.3. The fourth-order valence-corrected chi connectivity index (χ4v) is 3.06. The number of hydrogen-bond donors (Lipinski definition) is 0. The molecule has 1 heterocycles. The Kier molecular flexibility index (Phi) is 4.76. The molecule has 0 radical (unpaired) electrons. The molecule has 2 aromatic carbocycles. The van der Waals surface area contributed by atoms with Crippen LogP contribution in [0.15, 0.2) is 66.0 Å². The van der Waals surface area contributed by atoms with E-state index in [4.69, 9.17) is 4.74 Å². The Morgan fingerprint density at radius 1 is 1.04 bits per heavy atom. The number of rotatable bonds is 5. The van der Waals surface area contributed by atoms with Crippen LogP contribution in [0.2, 0.25) is 0 Å². The van der Waals surface area contributed by atoms with Gasteiger partial charge in [0.1, 0.15) is 4.88 Å². The molecule has 6 nitrogen and oxygen atoms in total. The molecule has 3 rings (SSSR count). The van der Waals surface area contributed by atoms with Crippen molar-refractivity contribution in [2.45, 2.75) is 0 Å². The molecule has 7 heteroatoms. The minimum atomic E-state index is -0.515. The van der Waals surface area contributed by atoms with Gasteiger partial charge < -0.3 is 9.64 Å². The summed E-state index contributed by atoms with van der Waals surface area (Å²) in [6.45, 7) is 0. The van der Waals surface area contributed by atoms with Gasteiger partial charge in [0.15, 0.2) is 5.75 Å². The van der Waals surface area contributed by atoms with Crippen LogP contribution in [0.25, 0.3) is 0 Å². The highest BCUT2D eigenvalue weighted by Crippen LogP contribution is 2.35. The van der Waals surface area contributed by atoms with Gasteiger partial charge in [-0.05, 0) is 29.6 Å². The lowest BCUT2D eigenvalue weighted by Crippen LogP contribution is -2.25. The fourth-order valence-electron chi connectivity index (χ4n) is 2.27. The molecule has 0 saturated carbocycles. The zero-order valence-corrected chi connectivity index (χ0v) is 14.1. The monoisotopic (exact) mass is 354 g/mol. The second-order valence-corrected chi connectivity index (χ2v) is 6.06. The first-order valence-electron chi connectivity index (χ1n) is 7.40. The van der Waals surface area contributed by atoms with E-state index in [-0.39, 0.29) is 17.3 Å². The molecule has 0 spiro atoms. The predicted octanol–water partition coefficient (Wildman–Crippen LogP) is 4.73. The topological polar surface area (TPSA) is 72.7 Å². The van der Waals surface area contributed by atoms with Gasteiger partial charge in [0.05, 0.1) is 4.92 Å². The van der Waals surface area contributed by atoms with E-state index >= 15 is 0 Å². The number of para-hydroxylation sites is 3. The molecule has 0 atom stereocenters. The van der Waals surface area contributed by atoms with Crippen molar-refractivity contribution in [3.05, 3.63) is 81.0 Å². The summed E-state index contributed by atoms with van der Waals surface area (Å²) >= 11 is 1.23. The average molecular weight is 354 g/mol. The zero-order valence-electron chi connectivity index (χ0n) is 13.3. The first kappa shape index (κ1) is 16.7. The van der Waals surface area contributed by atoms with Crippen LogP contribution >= 0.6 is 11.3 Å². The van der Waals surface area contributed by atoms with Gasteiger partial charge in [-0.3, -0.25) is 14.9 Å². The van der Waals surface area contributed by atoms with Gasteiger partial charge in [0, 0.05) is 18.8 Å². The highest BCUT2D eigenvalue weighted by Gasteiger charge is 2.22. The molecule has 0 fully saturated rings. The molecule has 1 aromatic heterocycles. The van der Waals surface area contributed by atoms with E-state index < -0.39 is 4.92 Å². The highest BCUT2D eigenvalue weighted by molar-refractivity contribution is 7.12. The average Bonchev–Trinajstić information content (AvgIpc) is 3.09. The number of nitro benzene ring substituents is 1. The Morgan fingerprint density at radius 2 is 1.72 bits per heavy atom. The number of benzene rings is 2. The van der Waals surface area contributed by atoms with Crippen molar-refractivity contribution in [1.82, 2.24) is 0 Å². The maximum absolute atomic E-state index is 12.8. The minimum Gasteiger partial charge on any atom is -0.448 e. The molecular weight excluding hydrogens is 340 g/mol. The van der Waals surface area contributed by atoms with Gasteiger partial charge in [-0.2, -0.15) is 0 Å². The standard InChI is InChI=1S/C18H14N2O4S/c1-19(13-7-3-2-4-8-13)18(21)17-16(11-12-25-17)24-15-10-6-5-9-14(15)20(22)23/h2-12H,1H3. The molecule has 0 aliphatic carbocycles. The van der Waals surface area contributed by atoms with Crippen molar-refractivity contribution in [3.63, 3.8) is 0 Å². The van der Waals surface area contributed by atoms with Crippen LogP contribution in [0.3, 0.4) is 0 Å². The molecule has 126 valence electrons. The van der Waals surface area contributed by atoms with E-state index in [2.05, 4.69) is 0 Å². The van der Waals surface area contributed by atoms with E-state index in [1.807, 2.05) is 30.3 Å². The second kappa shape index (κ2) is 7.14. The maximum Gasteiger partial charge on any atom is 0.311 e. The Hall–Kier alpha value is -3.19. The Balaban J connectivity index is 1.89. The van der Waals surface area contributed by atoms with Gasteiger partial charge in [0.25, 0.3) is 5.91 Å². The van der Waals surface area contributed by atoms with Gasteiger partial charge in [-0.1, -0.05) is 30.3 Å². The lowest BCUT2D eigenvalue weighted by molar-refractivity contribution is -0.385. The molecule has 0 bridgehead atoms. The van der Waals surface area contributed by atoms with Gasteiger partial charge in [-0.15, -0.1) is 11.3 Å². The third-order valence-electron chi connectivity index (χ3n) is 3.55. The molecule has 0 N–H and O–H groups in total. The van der Waals surface area contributed by atoms with Gasteiger partial charge in [0.2, 0.25) is 5.75 Å². The number of hydrogen-bond acceptors (Lipinski definition) is 5. The first-order chi connectivity index (χ1) is 12.1. The molecule has 1 amide bonds. The predicted molar refractivity (Wildman–Crippen MR) is 96.7 cm³/mol. The summed E-state index contributed by atoms with van der Waals surface area (Å²) in [5.74, 6) is 0.157. The number of amides is 1. The van der Waals surface area contributed by atoms with Crippen LogP contribution in [0.1, 0.15) is 9.67 Å². The van der Waals surface area contributed by atoms with E-state index in [0.29, 0.717) is 10.6 Å². The summed E-state index contributed by atoms with van der Waals surface area (Å²) in [5, 5.41) is 12.8. The Morgan fingerprint density at radius 3 is 2.44 bits per heavy atom. The summed E-state index contributed by atoms with van der Waals surface area (Å²) in [5.41, 5.74) is 0.598. The second-order valence-electron chi connectivity index (χ2n) is 5.14. The van der Waals surface area contributed by atoms with Crippen molar-refractivity contribution >= 4 is 28.6 Å². The fraction of sp³-hybridized carbons (Fsp3) is 0.0556. The summed E-state index contributed by atoms with van der Waals surface area (Å²) < 4.78 is 5.67. The SMILES string of the molecule is CN(C(=O)c1sccc1Oc1ccccc1[N+](=O)[O-])c1ccccc1. The third kappa shape index (κ3) is 3.51. The Bertz CT molecular complexity index is 908. The minimum absolute atomic E-state index is 0.0994. The highest BCUT2D eigenvalue weighted by atomic mass is 32.1. The Labute approximate surface area is 148 Å². The zero-order chi connectivity index (χ0) is 17.8. The smallest absolute Gasteiger partial charge is 0.311 e. The molecular formula is C18H14N2O4S. The van der Waals surface area contributed by atoms with Crippen LogP contribution in [0.5, 0.6) is 11.5 Å². The summed E-state index contributed by atoms with van der Waals surface area (Å²) in [6, 6.07) is 16.9. The van der Waals surface area contributed by atoms with E-state index in [1.54, 1.807) is 30.6 Å². The normalized spacial score (nSPS) is 10.3. The number of nitro groups is 1. The van der Waals surface area contributed by atoms with Crippen molar-refractivity contribution in [3.8, 4) is 11.5 Å². The van der Waals surface area contributed by atoms with Crippen molar-refractivity contribution in [2.24, 2.45) is 0 Å². The van der Waals surface area contributed by atoms with Gasteiger partial charge >= 0.3 is 5.69 Å². The molecule has 25 heavy (non-hydrogen) atoms. The quantitative estimate of drug-likeness (QED) is 0.491. The maximum atomic E-state index is 12.8. The third-order valence-corrected chi connectivity index (χ3v) is 4.44. The van der Waals surface area contributed by atoms with Gasteiger partial charge in [-0.25, -0.2) is 0 Å². The van der Waals surface area contributed by atoms with Crippen molar-refractivity contribution in [1.29, 1.82) is 0 Å². The number of nitrogens with zero attached hydrogens (tertiary/aromatic N) is 2. The molecule has 3 aromatic rings. The van der Waals surface area contributed by atoms with Crippen LogP contribution in [-0.2, 0) is 0 Å². The van der Waals surface area contributed by atoms with E-state index in [0.717, 1.165) is 5.69 Å². The van der Waals surface area contributed by atoms with Crippen molar-refractivity contribution < 1.29 is 14.5 Å². The molecule has 0 aliphatic rings. The van der Waals surface area contributed by atoms with Crippen LogP contribution in [0, 0.1) is 10.1 Å². The lowest BCUT2D eigenvalue weighted by Gasteiger charge is -2.17. The van der Waals surface area contributed by atoms with Crippen LogP contribution < -0.4 is 9.64 Å². The molecule has 0 aliphatic heterocycles. The van der Waals surface area contributed by atoms with Crippen LogP contribution in [-0.4, -0.2) is 17.9 Å². The number of thiophene rings is 1. The molecule has 0 saturated heterocycles. The number of carbonyl (C=O) groups is 1. The van der Waals surface area contributed by atoms with E-state index in [9.17, 15) is 14.9 Å².